The molecule has 0 spiro atoms. The van der Waals surface area contributed by atoms with Crippen molar-refractivity contribution in [1.29, 1.82) is 0 Å². The quantitative estimate of drug-likeness (QED) is 0.298. The second-order valence-electron chi connectivity index (χ2n) is 4.89. The van der Waals surface area contributed by atoms with Gasteiger partial charge in [-0.25, -0.2) is 4.39 Å². The highest BCUT2D eigenvalue weighted by molar-refractivity contribution is 9.10. The molecule has 0 aliphatic carbocycles. The fraction of sp³-hybridized carbons (Fsp3) is 0.438. The van der Waals surface area contributed by atoms with Crippen molar-refractivity contribution >= 4 is 37.6 Å². The lowest BCUT2D eigenvalue weighted by atomic mass is 9.89. The van der Waals surface area contributed by atoms with Gasteiger partial charge in [0.25, 0.3) is 0 Å². The number of hydrogen-bond donors (Lipinski definition) is 0. The number of terminal acetylenes is 1. The van der Waals surface area contributed by atoms with Crippen molar-refractivity contribution in [2.24, 2.45) is 0 Å². The van der Waals surface area contributed by atoms with E-state index in [2.05, 4.69) is 31.9 Å². The van der Waals surface area contributed by atoms with E-state index in [1.165, 1.54) is 5.92 Å². The second-order valence-corrected chi connectivity index (χ2v) is 6.31. The monoisotopic (exact) mass is 438 g/mol. The minimum atomic E-state index is -3.13. The topological polar surface area (TPSA) is 17.1 Å². The summed E-state index contributed by atoms with van der Waals surface area (Å²) < 4.78 is 40.3. The third-order valence-corrected chi connectivity index (χ3v) is 4.49. The molecule has 6 heteroatoms. The molecular weight excluding hydrogens is 425 g/mol. The Hall–Kier alpha value is -0.800. The van der Waals surface area contributed by atoms with Crippen LogP contribution < -0.4 is 0 Å². The van der Waals surface area contributed by atoms with Gasteiger partial charge in [-0.15, -0.1) is 6.42 Å². The Morgan fingerprint density at radius 1 is 1.36 bits per heavy atom. The molecule has 0 heterocycles. The first-order chi connectivity index (χ1) is 10.3. The molecule has 1 aromatic carbocycles. The molecule has 1 atom stereocenters. The molecule has 0 saturated heterocycles. The number of carbonyl (C=O) groups is 1. The Morgan fingerprint density at radius 2 is 2.05 bits per heavy atom. The highest BCUT2D eigenvalue weighted by Gasteiger charge is 2.26. The van der Waals surface area contributed by atoms with Gasteiger partial charge in [0.1, 0.15) is 5.82 Å². The summed E-state index contributed by atoms with van der Waals surface area (Å²) in [6.45, 7) is 0. The van der Waals surface area contributed by atoms with Gasteiger partial charge in [-0.05, 0) is 46.3 Å². The molecule has 0 aliphatic heterocycles. The van der Waals surface area contributed by atoms with Gasteiger partial charge >= 0.3 is 5.92 Å². The number of Topliss-reactive ketones (excluding diaryl/α,β-unsaturated/α-hetero) is 1. The summed E-state index contributed by atoms with van der Waals surface area (Å²) >= 11 is 6.16. The zero-order valence-electron chi connectivity index (χ0n) is 11.7. The van der Waals surface area contributed by atoms with Crippen molar-refractivity contribution in [3.05, 3.63) is 34.1 Å². The third-order valence-electron chi connectivity index (χ3n) is 3.32. The van der Waals surface area contributed by atoms with E-state index in [9.17, 15) is 18.0 Å². The van der Waals surface area contributed by atoms with Crippen LogP contribution in [0.4, 0.5) is 13.2 Å². The highest BCUT2D eigenvalue weighted by atomic mass is 79.9. The van der Waals surface area contributed by atoms with Crippen LogP contribution in [0.15, 0.2) is 22.7 Å². The van der Waals surface area contributed by atoms with Crippen molar-refractivity contribution in [2.45, 2.75) is 37.5 Å². The van der Waals surface area contributed by atoms with Gasteiger partial charge in [0.05, 0.1) is 9.80 Å². The molecule has 1 nitrogen and oxygen atoms in total. The van der Waals surface area contributed by atoms with Gasteiger partial charge in [0.2, 0.25) is 0 Å². The molecular formula is C16H15Br2F3O. The van der Waals surface area contributed by atoms with Crippen LogP contribution in [0.25, 0.3) is 0 Å². The van der Waals surface area contributed by atoms with E-state index < -0.39 is 24.1 Å². The van der Waals surface area contributed by atoms with Crippen LogP contribution in [0.1, 0.15) is 37.2 Å². The van der Waals surface area contributed by atoms with Crippen LogP contribution in [0.2, 0.25) is 0 Å². The number of ketones is 1. The summed E-state index contributed by atoms with van der Waals surface area (Å²) in [5, 5.41) is 0.0874. The Balaban J connectivity index is 2.77. The third kappa shape index (κ3) is 5.44. The average Bonchev–Trinajstić information content (AvgIpc) is 2.50. The Kier molecular flexibility index (Phi) is 7.64. The standard InChI is InChI=1S/C16H15Br2F3O/c1-2-16(20,21)9-4-3-6-11(14(22)10-17)12-7-5-8-13(18)15(12)19/h1,5,7-8,11H,3-4,6,9-10H2. The maximum Gasteiger partial charge on any atom is 0.307 e. The fourth-order valence-corrected chi connectivity index (χ4v) is 2.91. The van der Waals surface area contributed by atoms with Crippen molar-refractivity contribution in [2.75, 3.05) is 5.33 Å². The smallest absolute Gasteiger partial charge is 0.298 e. The Labute approximate surface area is 144 Å². The van der Waals surface area contributed by atoms with E-state index in [0.717, 1.165) is 0 Å². The van der Waals surface area contributed by atoms with Gasteiger partial charge in [0, 0.05) is 12.3 Å². The van der Waals surface area contributed by atoms with E-state index >= 15 is 0 Å². The molecule has 0 fully saturated rings. The maximum absolute atomic E-state index is 14.1. The minimum absolute atomic E-state index is 0.0874. The van der Waals surface area contributed by atoms with Crippen molar-refractivity contribution in [1.82, 2.24) is 0 Å². The first-order valence-electron chi connectivity index (χ1n) is 6.70. The number of carbonyl (C=O) groups excluding carboxylic acids is 1. The molecule has 120 valence electrons. The van der Waals surface area contributed by atoms with Gasteiger partial charge in [0.15, 0.2) is 5.78 Å². The number of alkyl halides is 3. The largest absolute Gasteiger partial charge is 0.307 e. The molecule has 1 aromatic rings. The van der Waals surface area contributed by atoms with Crippen LogP contribution in [-0.2, 0) is 4.79 Å². The van der Waals surface area contributed by atoms with E-state index in [-0.39, 0.29) is 27.6 Å². The zero-order chi connectivity index (χ0) is 16.8. The highest BCUT2D eigenvalue weighted by Crippen LogP contribution is 2.31. The normalized spacial score (nSPS) is 12.7. The summed E-state index contributed by atoms with van der Waals surface area (Å²) in [6.07, 6.45) is 5.15. The van der Waals surface area contributed by atoms with E-state index in [1.54, 1.807) is 18.2 Å². The van der Waals surface area contributed by atoms with Crippen LogP contribution >= 0.6 is 31.9 Å². The first-order valence-corrected chi connectivity index (χ1v) is 8.62. The van der Waals surface area contributed by atoms with Crippen molar-refractivity contribution < 1.29 is 18.0 Å². The first kappa shape index (κ1) is 19.2. The number of benzene rings is 1. The predicted molar refractivity (Wildman–Crippen MR) is 87.9 cm³/mol. The lowest BCUT2D eigenvalue weighted by Gasteiger charge is -2.17. The summed E-state index contributed by atoms with van der Waals surface area (Å²) in [5.74, 6) is -3.02. The minimum Gasteiger partial charge on any atom is -0.298 e. The van der Waals surface area contributed by atoms with Gasteiger partial charge in [-0.2, -0.15) is 8.78 Å². The lowest BCUT2D eigenvalue weighted by Crippen LogP contribution is -2.16. The summed E-state index contributed by atoms with van der Waals surface area (Å²) in [4.78, 5) is 12.0. The van der Waals surface area contributed by atoms with Crippen LogP contribution in [0.5, 0.6) is 0 Å². The number of unbranched alkanes of at least 4 members (excludes halogenated alkanes) is 1. The van der Waals surface area contributed by atoms with Crippen molar-refractivity contribution in [3.63, 3.8) is 0 Å². The number of rotatable bonds is 8. The summed E-state index contributed by atoms with van der Waals surface area (Å²) in [5.41, 5.74) is 0.280. The molecule has 22 heavy (non-hydrogen) atoms. The molecule has 0 aromatic heterocycles. The summed E-state index contributed by atoms with van der Waals surface area (Å²) in [7, 11) is 0. The van der Waals surface area contributed by atoms with E-state index in [4.69, 9.17) is 6.42 Å². The van der Waals surface area contributed by atoms with Crippen LogP contribution in [0, 0.1) is 18.2 Å². The Morgan fingerprint density at radius 3 is 2.64 bits per heavy atom. The average molecular weight is 440 g/mol. The molecule has 1 unspecified atom stereocenters. The maximum atomic E-state index is 14.1. The molecule has 0 saturated carbocycles. The van der Waals surface area contributed by atoms with Gasteiger partial charge in [-0.1, -0.05) is 34.5 Å². The molecule has 0 aliphatic rings. The zero-order valence-corrected chi connectivity index (χ0v) is 14.9. The molecule has 0 bridgehead atoms. The van der Waals surface area contributed by atoms with Gasteiger partial charge < -0.3 is 0 Å². The molecule has 0 N–H and O–H groups in total. The predicted octanol–water partition coefficient (Wildman–Crippen LogP) is 5.46. The van der Waals surface area contributed by atoms with Gasteiger partial charge in [-0.3, -0.25) is 4.79 Å². The lowest BCUT2D eigenvalue weighted by molar-refractivity contribution is -0.118. The fourth-order valence-electron chi connectivity index (χ4n) is 2.14. The number of hydrogen-bond acceptors (Lipinski definition) is 1. The second kappa shape index (κ2) is 8.73. The van der Waals surface area contributed by atoms with Crippen LogP contribution in [0.3, 0.4) is 0 Å². The van der Waals surface area contributed by atoms with E-state index in [1.807, 2.05) is 0 Å². The molecule has 1 rings (SSSR count). The van der Waals surface area contributed by atoms with E-state index in [0.29, 0.717) is 12.8 Å². The molecule has 0 amide bonds. The number of halogens is 5. The Bertz CT molecular complexity index is 567. The summed E-state index contributed by atoms with van der Waals surface area (Å²) in [6, 6.07) is 4.73. The van der Waals surface area contributed by atoms with Crippen molar-refractivity contribution in [3.8, 4) is 12.3 Å². The van der Waals surface area contributed by atoms with Crippen LogP contribution in [-0.4, -0.2) is 17.0 Å². The molecule has 0 radical (unpaired) electrons. The SMILES string of the molecule is C#CC(F)(F)CCCCC(C(=O)CBr)c1cccc(Br)c1F.